The zero-order valence-electron chi connectivity index (χ0n) is 16.5. The molecule has 2 aromatic carbocycles. The molecule has 4 rings (SSSR count). The van der Waals surface area contributed by atoms with E-state index in [0.29, 0.717) is 36.0 Å². The van der Waals surface area contributed by atoms with Crippen molar-refractivity contribution in [2.45, 2.75) is 13.8 Å². The highest BCUT2D eigenvalue weighted by Crippen LogP contribution is 2.33. The average Bonchev–Trinajstić information content (AvgIpc) is 2.74. The maximum atomic E-state index is 12.8. The molecule has 148 valence electrons. The summed E-state index contributed by atoms with van der Waals surface area (Å²) >= 11 is 0. The van der Waals surface area contributed by atoms with Crippen LogP contribution in [0.3, 0.4) is 0 Å². The number of aromatic nitrogens is 1. The lowest BCUT2D eigenvalue weighted by molar-refractivity contribution is 0.102. The zero-order valence-corrected chi connectivity index (χ0v) is 16.5. The molecule has 0 saturated carbocycles. The van der Waals surface area contributed by atoms with Crippen molar-refractivity contribution < 1.29 is 14.3 Å². The molecule has 1 aliphatic rings. The molecule has 0 saturated heterocycles. The fraction of sp³-hybridized carbons (Fsp3) is 0.217. The molecule has 0 atom stereocenters. The molecular weight excluding hydrogens is 366 g/mol. The molecule has 29 heavy (non-hydrogen) atoms. The van der Waals surface area contributed by atoms with Gasteiger partial charge in [0.2, 0.25) is 0 Å². The second-order valence-electron chi connectivity index (χ2n) is 6.83. The third kappa shape index (κ3) is 4.16. The summed E-state index contributed by atoms with van der Waals surface area (Å²) in [6.45, 7) is 5.93. The van der Waals surface area contributed by atoms with E-state index in [1.165, 1.54) is 5.56 Å². The van der Waals surface area contributed by atoms with E-state index in [1.54, 1.807) is 30.6 Å². The molecule has 0 unspecified atom stereocenters. The van der Waals surface area contributed by atoms with Crippen molar-refractivity contribution in [3.63, 3.8) is 0 Å². The number of nitrogens with one attached hydrogen (secondary N) is 1. The fourth-order valence-electron chi connectivity index (χ4n) is 3.33. The maximum absolute atomic E-state index is 12.8. The number of amides is 1. The van der Waals surface area contributed by atoms with Crippen molar-refractivity contribution in [3.05, 3.63) is 72.1 Å². The highest BCUT2D eigenvalue weighted by molar-refractivity contribution is 6.04. The number of carbonyl (C=O) groups excluding carboxylic acids is 1. The monoisotopic (exact) mass is 389 g/mol. The van der Waals surface area contributed by atoms with Gasteiger partial charge in [0.25, 0.3) is 5.91 Å². The summed E-state index contributed by atoms with van der Waals surface area (Å²) in [5, 5.41) is 2.91. The smallest absolute Gasteiger partial charge is 0.257 e. The van der Waals surface area contributed by atoms with Crippen molar-refractivity contribution >= 4 is 23.0 Å². The topological polar surface area (TPSA) is 63.7 Å². The zero-order chi connectivity index (χ0) is 20.2. The van der Waals surface area contributed by atoms with Gasteiger partial charge in [0.1, 0.15) is 13.2 Å². The molecule has 0 bridgehead atoms. The summed E-state index contributed by atoms with van der Waals surface area (Å²) in [6.07, 6.45) is 3.34. The molecule has 1 N–H and O–H groups in total. The van der Waals surface area contributed by atoms with Crippen molar-refractivity contribution in [1.29, 1.82) is 0 Å². The van der Waals surface area contributed by atoms with Gasteiger partial charge in [-0.15, -0.1) is 0 Å². The van der Waals surface area contributed by atoms with Gasteiger partial charge in [-0.25, -0.2) is 0 Å². The van der Waals surface area contributed by atoms with Crippen LogP contribution >= 0.6 is 0 Å². The van der Waals surface area contributed by atoms with Gasteiger partial charge in [0, 0.05) is 30.2 Å². The lowest BCUT2D eigenvalue weighted by atomic mass is 10.1. The van der Waals surface area contributed by atoms with Crippen LogP contribution in [-0.2, 0) is 0 Å². The SMILES string of the molecule is CCN(c1cccc(C)c1)c1cncc(C(=O)Nc2ccc3c(c2)OCCO3)c1. The van der Waals surface area contributed by atoms with Crippen LogP contribution in [0.5, 0.6) is 11.5 Å². The molecule has 3 aromatic rings. The number of hydrogen-bond donors (Lipinski definition) is 1. The first kappa shape index (κ1) is 18.8. The lowest BCUT2D eigenvalue weighted by Crippen LogP contribution is -2.18. The summed E-state index contributed by atoms with van der Waals surface area (Å²) in [4.78, 5) is 19.2. The van der Waals surface area contributed by atoms with Crippen molar-refractivity contribution in [2.24, 2.45) is 0 Å². The Balaban J connectivity index is 1.55. The highest BCUT2D eigenvalue weighted by Gasteiger charge is 2.15. The van der Waals surface area contributed by atoms with Crippen molar-refractivity contribution in [2.75, 3.05) is 30.0 Å². The Bertz CT molecular complexity index is 1040. The Labute approximate surface area is 170 Å². The van der Waals surface area contributed by atoms with Gasteiger partial charge in [0.05, 0.1) is 17.4 Å². The molecule has 6 nitrogen and oxygen atoms in total. The number of fused-ring (bicyclic) bond motifs is 1. The van der Waals surface area contributed by atoms with E-state index >= 15 is 0 Å². The molecule has 1 aromatic heterocycles. The van der Waals surface area contributed by atoms with Crippen LogP contribution in [0.1, 0.15) is 22.8 Å². The second-order valence-corrected chi connectivity index (χ2v) is 6.83. The van der Waals surface area contributed by atoms with Gasteiger partial charge in [-0.05, 0) is 49.7 Å². The Morgan fingerprint density at radius 1 is 1.03 bits per heavy atom. The number of ether oxygens (including phenoxy) is 2. The lowest BCUT2D eigenvalue weighted by Gasteiger charge is -2.23. The van der Waals surface area contributed by atoms with Gasteiger partial charge >= 0.3 is 0 Å². The first-order valence-electron chi connectivity index (χ1n) is 9.64. The van der Waals surface area contributed by atoms with Crippen LogP contribution in [0.15, 0.2) is 60.9 Å². The van der Waals surface area contributed by atoms with Crippen LogP contribution < -0.4 is 19.7 Å². The second kappa shape index (κ2) is 8.22. The van der Waals surface area contributed by atoms with Crippen LogP contribution in [-0.4, -0.2) is 30.6 Å². The summed E-state index contributed by atoms with van der Waals surface area (Å²) in [7, 11) is 0. The number of hydrogen-bond acceptors (Lipinski definition) is 5. The van der Waals surface area contributed by atoms with Crippen LogP contribution in [0.2, 0.25) is 0 Å². The molecule has 6 heteroatoms. The standard InChI is InChI=1S/C23H23N3O3/c1-3-26(19-6-4-5-16(2)11-19)20-12-17(14-24-15-20)23(27)25-18-7-8-21-22(13-18)29-10-9-28-21/h4-8,11-15H,3,9-10H2,1-2H3,(H,25,27). The van der Waals surface area contributed by atoms with Gasteiger partial charge < -0.3 is 19.7 Å². The summed E-state index contributed by atoms with van der Waals surface area (Å²) < 4.78 is 11.1. The third-order valence-electron chi connectivity index (χ3n) is 4.73. The van der Waals surface area contributed by atoms with Crippen molar-refractivity contribution in [1.82, 2.24) is 4.98 Å². The van der Waals surface area contributed by atoms with E-state index in [2.05, 4.69) is 47.2 Å². The number of benzene rings is 2. The molecule has 1 aliphatic heterocycles. The van der Waals surface area contributed by atoms with E-state index < -0.39 is 0 Å². The van der Waals surface area contributed by atoms with E-state index in [9.17, 15) is 4.79 Å². The van der Waals surface area contributed by atoms with Gasteiger partial charge in [0.15, 0.2) is 11.5 Å². The molecule has 0 fully saturated rings. The van der Waals surface area contributed by atoms with Crippen LogP contribution in [0.25, 0.3) is 0 Å². The maximum Gasteiger partial charge on any atom is 0.257 e. The molecule has 1 amide bonds. The minimum atomic E-state index is -0.226. The Morgan fingerprint density at radius 2 is 1.86 bits per heavy atom. The molecule has 0 radical (unpaired) electrons. The third-order valence-corrected chi connectivity index (χ3v) is 4.73. The molecule has 2 heterocycles. The number of nitrogens with zero attached hydrogens (tertiary/aromatic N) is 2. The van der Waals surface area contributed by atoms with Gasteiger partial charge in [-0.3, -0.25) is 9.78 Å². The molecule has 0 aliphatic carbocycles. The highest BCUT2D eigenvalue weighted by atomic mass is 16.6. The fourth-order valence-corrected chi connectivity index (χ4v) is 3.33. The summed E-state index contributed by atoms with van der Waals surface area (Å²) in [6, 6.07) is 15.5. The summed E-state index contributed by atoms with van der Waals surface area (Å²) in [5.41, 5.74) is 4.26. The number of aryl methyl sites for hydroxylation is 1. The van der Waals surface area contributed by atoms with E-state index in [1.807, 2.05) is 12.1 Å². The summed E-state index contributed by atoms with van der Waals surface area (Å²) in [5.74, 6) is 1.10. The first-order chi connectivity index (χ1) is 14.1. The van der Waals surface area contributed by atoms with Crippen LogP contribution in [0.4, 0.5) is 17.1 Å². The minimum Gasteiger partial charge on any atom is -0.486 e. The largest absolute Gasteiger partial charge is 0.486 e. The average molecular weight is 389 g/mol. The van der Waals surface area contributed by atoms with Crippen molar-refractivity contribution in [3.8, 4) is 11.5 Å². The van der Waals surface area contributed by atoms with E-state index in [-0.39, 0.29) is 5.91 Å². The van der Waals surface area contributed by atoms with Gasteiger partial charge in [-0.1, -0.05) is 12.1 Å². The Kier molecular flexibility index (Phi) is 5.33. The predicted octanol–water partition coefficient (Wildman–Crippen LogP) is 4.57. The normalized spacial score (nSPS) is 12.3. The Hall–Kier alpha value is -3.54. The molecule has 0 spiro atoms. The number of anilines is 3. The van der Waals surface area contributed by atoms with Gasteiger partial charge in [-0.2, -0.15) is 0 Å². The quantitative estimate of drug-likeness (QED) is 0.692. The van der Waals surface area contributed by atoms with Crippen LogP contribution in [0, 0.1) is 6.92 Å². The first-order valence-corrected chi connectivity index (χ1v) is 9.64. The predicted molar refractivity (Wildman–Crippen MR) is 113 cm³/mol. The number of rotatable bonds is 5. The molecular formula is C23H23N3O3. The Morgan fingerprint density at radius 3 is 2.66 bits per heavy atom. The van der Waals surface area contributed by atoms with E-state index in [4.69, 9.17) is 9.47 Å². The number of pyridine rings is 1. The van der Waals surface area contributed by atoms with E-state index in [0.717, 1.165) is 17.9 Å². The number of carbonyl (C=O) groups is 1. The minimum absolute atomic E-state index is 0.226.